The number of nitrogens with one attached hydrogen (secondary N) is 1. The zero-order valence-corrected chi connectivity index (χ0v) is 14.7. The molecule has 5 nitrogen and oxygen atoms in total. The molecule has 0 aliphatic heterocycles. The normalized spacial score (nSPS) is 11.8. The molecule has 1 atom stereocenters. The zero-order valence-electron chi connectivity index (χ0n) is 14.7. The van der Waals surface area contributed by atoms with E-state index in [1.54, 1.807) is 42.5 Å². The number of carboxylic acid groups (broad SMARTS) is 1. The van der Waals surface area contributed by atoms with Crippen LogP contribution < -0.4 is 10.1 Å². The molecule has 0 radical (unpaired) electrons. The summed E-state index contributed by atoms with van der Waals surface area (Å²) in [5.41, 5.74) is 2.20. The van der Waals surface area contributed by atoms with Crippen LogP contribution in [0.2, 0.25) is 0 Å². The van der Waals surface area contributed by atoms with Gasteiger partial charge in [0.2, 0.25) is 0 Å². The molecule has 2 aromatic rings. The molecule has 2 N–H and O–H groups in total. The Hall–Kier alpha value is -2.82. The fourth-order valence-electron chi connectivity index (χ4n) is 2.51. The molecule has 2 rings (SSSR count). The summed E-state index contributed by atoms with van der Waals surface area (Å²) >= 11 is 0. The van der Waals surface area contributed by atoms with Crippen molar-refractivity contribution in [3.63, 3.8) is 0 Å². The van der Waals surface area contributed by atoms with Crippen LogP contribution >= 0.6 is 0 Å². The zero-order chi connectivity index (χ0) is 18.4. The van der Waals surface area contributed by atoms with Crippen LogP contribution in [0, 0.1) is 6.92 Å². The standard InChI is InChI=1S/C20H23NO4/c1-13(2)25-17-9-7-15(8-10-17)18(12-19(22)23)21-20(24)16-6-4-5-14(3)11-16/h4-11,13,18H,12H2,1-3H3,(H,21,24)(H,22,23)/t18-/m1/s1. The third kappa shape index (κ3) is 5.64. The van der Waals surface area contributed by atoms with Crippen molar-refractivity contribution < 1.29 is 19.4 Å². The van der Waals surface area contributed by atoms with Crippen LogP contribution in [-0.4, -0.2) is 23.1 Å². The van der Waals surface area contributed by atoms with Crippen molar-refractivity contribution in [1.82, 2.24) is 5.32 Å². The van der Waals surface area contributed by atoms with E-state index >= 15 is 0 Å². The monoisotopic (exact) mass is 341 g/mol. The minimum Gasteiger partial charge on any atom is -0.491 e. The highest BCUT2D eigenvalue weighted by molar-refractivity contribution is 5.94. The number of ether oxygens (including phenoxy) is 1. The molecule has 0 saturated carbocycles. The second-order valence-electron chi connectivity index (χ2n) is 6.23. The van der Waals surface area contributed by atoms with Gasteiger partial charge in [0, 0.05) is 5.56 Å². The van der Waals surface area contributed by atoms with Crippen molar-refractivity contribution in [3.8, 4) is 5.75 Å². The number of rotatable bonds is 7. The van der Waals surface area contributed by atoms with Crippen molar-refractivity contribution in [2.45, 2.75) is 39.3 Å². The summed E-state index contributed by atoms with van der Waals surface area (Å²) in [6, 6.07) is 13.7. The Morgan fingerprint density at radius 3 is 2.36 bits per heavy atom. The maximum absolute atomic E-state index is 12.4. The van der Waals surface area contributed by atoms with Crippen LogP contribution in [0.4, 0.5) is 0 Å². The number of amides is 1. The fraction of sp³-hybridized carbons (Fsp3) is 0.300. The van der Waals surface area contributed by atoms with E-state index in [4.69, 9.17) is 4.74 Å². The fourth-order valence-corrected chi connectivity index (χ4v) is 2.51. The smallest absolute Gasteiger partial charge is 0.305 e. The largest absolute Gasteiger partial charge is 0.491 e. The van der Waals surface area contributed by atoms with Gasteiger partial charge in [0.05, 0.1) is 18.6 Å². The maximum Gasteiger partial charge on any atom is 0.305 e. The van der Waals surface area contributed by atoms with Crippen molar-refractivity contribution in [3.05, 3.63) is 65.2 Å². The first kappa shape index (κ1) is 18.5. The average Bonchev–Trinajstić information content (AvgIpc) is 2.54. The molecule has 1 amide bonds. The molecule has 0 aliphatic rings. The SMILES string of the molecule is Cc1cccc(C(=O)N[C@H](CC(=O)O)c2ccc(OC(C)C)cc2)c1. The highest BCUT2D eigenvalue weighted by Gasteiger charge is 2.19. The summed E-state index contributed by atoms with van der Waals surface area (Å²) in [4.78, 5) is 23.6. The highest BCUT2D eigenvalue weighted by atomic mass is 16.5. The van der Waals surface area contributed by atoms with Gasteiger partial charge in [-0.2, -0.15) is 0 Å². The lowest BCUT2D eigenvalue weighted by Crippen LogP contribution is -2.30. The molecule has 2 aromatic carbocycles. The molecule has 5 heteroatoms. The van der Waals surface area contributed by atoms with E-state index in [1.165, 1.54) is 0 Å². The molecule has 0 spiro atoms. The van der Waals surface area contributed by atoms with Gasteiger partial charge in [0.25, 0.3) is 5.91 Å². The van der Waals surface area contributed by atoms with Crippen LogP contribution in [0.3, 0.4) is 0 Å². The van der Waals surface area contributed by atoms with Gasteiger partial charge in [-0.1, -0.05) is 29.8 Å². The number of carbonyl (C=O) groups is 2. The molecule has 0 unspecified atom stereocenters. The molecule has 0 aliphatic carbocycles. The maximum atomic E-state index is 12.4. The van der Waals surface area contributed by atoms with E-state index in [-0.39, 0.29) is 18.4 Å². The summed E-state index contributed by atoms with van der Waals surface area (Å²) in [5, 5.41) is 12.0. The Labute approximate surface area is 147 Å². The number of aliphatic carboxylic acids is 1. The molecule has 0 heterocycles. The molecule has 132 valence electrons. The van der Waals surface area contributed by atoms with Crippen molar-refractivity contribution in [2.24, 2.45) is 0 Å². The van der Waals surface area contributed by atoms with Crippen molar-refractivity contribution in [1.29, 1.82) is 0 Å². The van der Waals surface area contributed by atoms with E-state index in [0.717, 1.165) is 11.1 Å². The third-order valence-corrected chi connectivity index (χ3v) is 3.62. The van der Waals surface area contributed by atoms with E-state index in [9.17, 15) is 14.7 Å². The first-order valence-electron chi connectivity index (χ1n) is 8.21. The van der Waals surface area contributed by atoms with Gasteiger partial charge in [-0.25, -0.2) is 0 Å². The van der Waals surface area contributed by atoms with Gasteiger partial charge in [0.15, 0.2) is 0 Å². The summed E-state index contributed by atoms with van der Waals surface area (Å²) in [6.45, 7) is 5.77. The van der Waals surface area contributed by atoms with Gasteiger partial charge in [0.1, 0.15) is 5.75 Å². The number of carbonyl (C=O) groups excluding carboxylic acids is 1. The van der Waals surface area contributed by atoms with Gasteiger partial charge in [-0.15, -0.1) is 0 Å². The van der Waals surface area contributed by atoms with Crippen LogP contribution in [-0.2, 0) is 4.79 Å². The lowest BCUT2D eigenvalue weighted by molar-refractivity contribution is -0.137. The lowest BCUT2D eigenvalue weighted by Gasteiger charge is -2.18. The molecule has 25 heavy (non-hydrogen) atoms. The molecular formula is C20H23NO4. The summed E-state index contributed by atoms with van der Waals surface area (Å²) in [6.07, 6.45) is -0.135. The highest BCUT2D eigenvalue weighted by Crippen LogP contribution is 2.22. The Morgan fingerprint density at radius 1 is 1.12 bits per heavy atom. The van der Waals surface area contributed by atoms with Gasteiger partial charge >= 0.3 is 5.97 Å². The summed E-state index contributed by atoms with van der Waals surface area (Å²) in [7, 11) is 0. The topological polar surface area (TPSA) is 75.6 Å². The molecule has 0 bridgehead atoms. The minimum absolute atomic E-state index is 0.0571. The van der Waals surface area contributed by atoms with E-state index in [1.807, 2.05) is 26.8 Å². The molecule has 0 fully saturated rings. The van der Waals surface area contributed by atoms with Crippen LogP contribution in [0.25, 0.3) is 0 Å². The Bertz CT molecular complexity index is 738. The molecular weight excluding hydrogens is 318 g/mol. The second-order valence-corrected chi connectivity index (χ2v) is 6.23. The number of aryl methyl sites for hydroxylation is 1. The van der Waals surface area contributed by atoms with E-state index in [0.29, 0.717) is 11.3 Å². The minimum atomic E-state index is -0.975. The van der Waals surface area contributed by atoms with Gasteiger partial charge < -0.3 is 15.2 Å². The Kier molecular flexibility index (Phi) is 6.17. The summed E-state index contributed by atoms with van der Waals surface area (Å²) < 4.78 is 5.59. The van der Waals surface area contributed by atoms with Crippen LogP contribution in [0.1, 0.15) is 47.8 Å². The van der Waals surface area contributed by atoms with E-state index in [2.05, 4.69) is 5.32 Å². The van der Waals surface area contributed by atoms with Crippen molar-refractivity contribution >= 4 is 11.9 Å². The van der Waals surface area contributed by atoms with E-state index < -0.39 is 12.0 Å². The molecule has 0 aromatic heterocycles. The summed E-state index contributed by atoms with van der Waals surface area (Å²) in [5.74, 6) is -0.563. The molecule has 0 saturated heterocycles. The van der Waals surface area contributed by atoms with Crippen molar-refractivity contribution in [2.75, 3.05) is 0 Å². The Balaban J connectivity index is 2.18. The van der Waals surface area contributed by atoms with Crippen LogP contribution in [0.5, 0.6) is 5.75 Å². The van der Waals surface area contributed by atoms with Gasteiger partial charge in [-0.3, -0.25) is 9.59 Å². The first-order valence-corrected chi connectivity index (χ1v) is 8.21. The number of benzene rings is 2. The third-order valence-electron chi connectivity index (χ3n) is 3.62. The Morgan fingerprint density at radius 2 is 1.80 bits per heavy atom. The predicted molar refractivity (Wildman–Crippen MR) is 95.8 cm³/mol. The number of hydrogen-bond acceptors (Lipinski definition) is 3. The predicted octanol–water partition coefficient (Wildman–Crippen LogP) is 3.73. The quantitative estimate of drug-likeness (QED) is 0.804. The average molecular weight is 341 g/mol. The van der Waals surface area contributed by atoms with Gasteiger partial charge in [-0.05, 0) is 50.6 Å². The van der Waals surface area contributed by atoms with Crippen LogP contribution in [0.15, 0.2) is 48.5 Å². The lowest BCUT2D eigenvalue weighted by atomic mass is 10.0. The number of hydrogen-bond donors (Lipinski definition) is 2. The second kappa shape index (κ2) is 8.33. The first-order chi connectivity index (χ1) is 11.8. The number of carboxylic acids is 1.